The lowest BCUT2D eigenvalue weighted by molar-refractivity contribution is -0.111. The van der Waals surface area contributed by atoms with E-state index in [1.807, 2.05) is 0 Å². The first kappa shape index (κ1) is 22.4. The van der Waals surface area contributed by atoms with Crippen LogP contribution in [-0.2, 0) is 24.5 Å². The molecule has 0 aliphatic carbocycles. The summed E-state index contributed by atoms with van der Waals surface area (Å²) in [6.07, 6.45) is 6.20. The Morgan fingerprint density at radius 2 is 1.65 bits per heavy atom. The molecule has 3 rings (SSSR count). The second kappa shape index (κ2) is 9.23. The van der Waals surface area contributed by atoms with Gasteiger partial charge in [-0.1, -0.05) is 19.1 Å². The highest BCUT2D eigenvalue weighted by Crippen LogP contribution is 2.25. The van der Waals surface area contributed by atoms with Crippen LogP contribution in [0.4, 0.5) is 5.69 Å². The zero-order valence-corrected chi connectivity index (χ0v) is 18.2. The quantitative estimate of drug-likeness (QED) is 0.546. The van der Waals surface area contributed by atoms with Gasteiger partial charge >= 0.3 is 0 Å². The summed E-state index contributed by atoms with van der Waals surface area (Å²) >= 11 is 0. The number of benzene rings is 2. The van der Waals surface area contributed by atoms with Gasteiger partial charge in [0.25, 0.3) is 0 Å². The van der Waals surface area contributed by atoms with Gasteiger partial charge in [-0.15, -0.1) is 0 Å². The highest BCUT2D eigenvalue weighted by molar-refractivity contribution is 7.92. The number of carbonyl (C=O) groups is 1. The van der Waals surface area contributed by atoms with Crippen LogP contribution in [0.1, 0.15) is 12.5 Å². The third kappa shape index (κ3) is 5.44. The molecule has 9 heteroatoms. The van der Waals surface area contributed by atoms with E-state index in [2.05, 4.69) is 10.3 Å². The maximum atomic E-state index is 12.9. The molecule has 1 heterocycles. The highest BCUT2D eigenvalue weighted by atomic mass is 32.2. The fourth-order valence-corrected chi connectivity index (χ4v) is 4.99. The predicted molar refractivity (Wildman–Crippen MR) is 118 cm³/mol. The molecule has 160 valence electrons. The average Bonchev–Trinajstić information content (AvgIpc) is 2.79. The van der Waals surface area contributed by atoms with Crippen molar-refractivity contribution in [2.45, 2.75) is 21.6 Å². The van der Waals surface area contributed by atoms with Gasteiger partial charge in [0, 0.05) is 24.2 Å². The zero-order chi connectivity index (χ0) is 22.5. The van der Waals surface area contributed by atoms with E-state index >= 15 is 0 Å². The van der Waals surface area contributed by atoms with Gasteiger partial charge < -0.3 is 5.32 Å². The van der Waals surface area contributed by atoms with Crippen LogP contribution >= 0.6 is 0 Å². The number of hydrogen-bond donors (Lipinski definition) is 1. The molecular formula is C22H20N2O5S2. The number of nitrogens with one attached hydrogen (secondary N) is 1. The van der Waals surface area contributed by atoms with E-state index in [4.69, 9.17) is 0 Å². The molecule has 0 bridgehead atoms. The summed E-state index contributed by atoms with van der Waals surface area (Å²) in [5.74, 6) is -0.503. The van der Waals surface area contributed by atoms with Crippen LogP contribution in [0, 0.1) is 0 Å². The molecule has 1 aromatic heterocycles. The molecule has 0 fully saturated rings. The molecule has 0 saturated heterocycles. The maximum absolute atomic E-state index is 12.9. The lowest BCUT2D eigenvalue weighted by atomic mass is 10.2. The number of hydrogen-bond acceptors (Lipinski definition) is 6. The number of amides is 1. The van der Waals surface area contributed by atoms with E-state index in [1.54, 1.807) is 30.6 Å². The fraction of sp³-hybridized carbons (Fsp3) is 0.0909. The van der Waals surface area contributed by atoms with Crippen LogP contribution < -0.4 is 5.32 Å². The Balaban J connectivity index is 1.77. The summed E-state index contributed by atoms with van der Waals surface area (Å²) in [6.45, 7) is 1.50. The molecule has 0 unspecified atom stereocenters. The minimum Gasteiger partial charge on any atom is -0.323 e. The van der Waals surface area contributed by atoms with Gasteiger partial charge in [0.1, 0.15) is 0 Å². The van der Waals surface area contributed by atoms with Gasteiger partial charge in [-0.25, -0.2) is 16.8 Å². The van der Waals surface area contributed by atoms with Crippen molar-refractivity contribution >= 4 is 37.3 Å². The SMILES string of the molecule is CCS(=O)(=O)c1cccc(S(=O)(=O)c2ccc(NC(=O)/C=C/c3cccnc3)cc2)c1. The number of carbonyl (C=O) groups excluding carboxylic acids is 1. The number of nitrogens with zero attached hydrogens (tertiary/aromatic N) is 1. The van der Waals surface area contributed by atoms with Gasteiger partial charge in [0.2, 0.25) is 15.7 Å². The second-order valence-electron chi connectivity index (χ2n) is 6.52. The molecule has 1 N–H and O–H groups in total. The minimum absolute atomic E-state index is 0.0116. The molecule has 31 heavy (non-hydrogen) atoms. The Morgan fingerprint density at radius 3 is 2.29 bits per heavy atom. The molecular weight excluding hydrogens is 436 g/mol. The average molecular weight is 457 g/mol. The first-order valence-electron chi connectivity index (χ1n) is 9.29. The van der Waals surface area contributed by atoms with Crippen LogP contribution in [0.25, 0.3) is 6.08 Å². The zero-order valence-electron chi connectivity index (χ0n) is 16.6. The van der Waals surface area contributed by atoms with Crippen molar-refractivity contribution in [3.8, 4) is 0 Å². The Kier molecular flexibility index (Phi) is 6.67. The molecule has 0 radical (unpaired) electrons. The number of aromatic nitrogens is 1. The molecule has 0 aliphatic rings. The molecule has 2 aromatic carbocycles. The van der Waals surface area contributed by atoms with E-state index in [9.17, 15) is 21.6 Å². The van der Waals surface area contributed by atoms with Gasteiger partial charge in [-0.2, -0.15) is 0 Å². The molecule has 7 nitrogen and oxygen atoms in total. The summed E-state index contributed by atoms with van der Waals surface area (Å²) < 4.78 is 49.9. The molecule has 0 aliphatic heterocycles. The number of rotatable bonds is 7. The Morgan fingerprint density at radius 1 is 0.935 bits per heavy atom. The van der Waals surface area contributed by atoms with Crippen molar-refractivity contribution in [3.05, 3.63) is 84.7 Å². The van der Waals surface area contributed by atoms with Gasteiger partial charge in [0.15, 0.2) is 9.84 Å². The summed E-state index contributed by atoms with van der Waals surface area (Å²) in [7, 11) is -7.45. The molecule has 0 saturated carbocycles. The highest BCUT2D eigenvalue weighted by Gasteiger charge is 2.20. The first-order chi connectivity index (χ1) is 14.7. The molecule has 0 atom stereocenters. The van der Waals surface area contributed by atoms with Crippen molar-refractivity contribution in [1.29, 1.82) is 0 Å². The number of sulfone groups is 2. The predicted octanol–water partition coefficient (Wildman–Crippen LogP) is 3.36. The van der Waals surface area contributed by atoms with E-state index in [0.29, 0.717) is 5.69 Å². The fourth-order valence-electron chi connectivity index (χ4n) is 2.69. The molecule has 1 amide bonds. The molecule has 3 aromatic rings. The Bertz CT molecular complexity index is 1320. The lowest BCUT2D eigenvalue weighted by Crippen LogP contribution is -2.09. The first-order valence-corrected chi connectivity index (χ1v) is 12.4. The van der Waals surface area contributed by atoms with Crippen LogP contribution in [0.5, 0.6) is 0 Å². The van der Waals surface area contributed by atoms with Crippen molar-refractivity contribution in [2.24, 2.45) is 0 Å². The monoisotopic (exact) mass is 456 g/mol. The summed E-state index contributed by atoms with van der Waals surface area (Å²) in [5.41, 5.74) is 1.19. The summed E-state index contributed by atoms with van der Waals surface area (Å²) in [4.78, 5) is 15.8. The minimum atomic E-state index is -3.92. The van der Waals surface area contributed by atoms with Crippen molar-refractivity contribution in [3.63, 3.8) is 0 Å². The van der Waals surface area contributed by atoms with Crippen molar-refractivity contribution in [2.75, 3.05) is 11.1 Å². The topological polar surface area (TPSA) is 110 Å². The summed E-state index contributed by atoms with van der Waals surface area (Å²) in [5, 5.41) is 2.65. The number of anilines is 1. The third-order valence-electron chi connectivity index (χ3n) is 4.40. The van der Waals surface area contributed by atoms with Crippen LogP contribution in [0.3, 0.4) is 0 Å². The van der Waals surface area contributed by atoms with Gasteiger partial charge in [0.05, 0.1) is 20.4 Å². The van der Waals surface area contributed by atoms with E-state index in [-0.39, 0.29) is 26.3 Å². The van der Waals surface area contributed by atoms with Crippen LogP contribution in [0.2, 0.25) is 0 Å². The van der Waals surface area contributed by atoms with Gasteiger partial charge in [-0.05, 0) is 60.2 Å². The second-order valence-corrected chi connectivity index (χ2v) is 10.7. The largest absolute Gasteiger partial charge is 0.323 e. The van der Waals surface area contributed by atoms with E-state index in [0.717, 1.165) is 11.6 Å². The number of pyridine rings is 1. The van der Waals surface area contributed by atoms with E-state index < -0.39 is 19.7 Å². The van der Waals surface area contributed by atoms with Crippen LogP contribution in [-0.4, -0.2) is 33.5 Å². The standard InChI is InChI=1S/C22H20N2O5S2/c1-2-30(26,27)20-6-3-7-21(15-20)31(28,29)19-11-9-18(10-12-19)24-22(25)13-8-17-5-4-14-23-16-17/h3-16H,2H2,1H3,(H,24,25)/b13-8+. The Labute approximate surface area is 181 Å². The van der Waals surface area contributed by atoms with Crippen LogP contribution in [0.15, 0.2) is 93.8 Å². The third-order valence-corrected chi connectivity index (χ3v) is 7.90. The van der Waals surface area contributed by atoms with E-state index in [1.165, 1.54) is 55.5 Å². The smallest absolute Gasteiger partial charge is 0.248 e. The maximum Gasteiger partial charge on any atom is 0.248 e. The van der Waals surface area contributed by atoms with Gasteiger partial charge in [-0.3, -0.25) is 9.78 Å². The molecule has 0 spiro atoms. The van der Waals surface area contributed by atoms with Crippen molar-refractivity contribution in [1.82, 2.24) is 4.98 Å². The van der Waals surface area contributed by atoms with Crippen molar-refractivity contribution < 1.29 is 21.6 Å². The Hall–Kier alpha value is -3.30. The lowest BCUT2D eigenvalue weighted by Gasteiger charge is -2.08. The normalized spacial score (nSPS) is 12.0. The summed E-state index contributed by atoms with van der Waals surface area (Å²) in [6, 6.07) is 14.5.